The number of rotatable bonds is 7. The second kappa shape index (κ2) is 10.4. The van der Waals surface area contributed by atoms with Gasteiger partial charge in [-0.05, 0) is 67.6 Å². The maximum atomic E-state index is 13.2. The summed E-state index contributed by atoms with van der Waals surface area (Å²) in [6.07, 6.45) is 3.40. The second-order valence-corrected chi connectivity index (χ2v) is 9.69. The van der Waals surface area contributed by atoms with Crippen LogP contribution in [0.15, 0.2) is 70.4 Å². The van der Waals surface area contributed by atoms with E-state index in [2.05, 4.69) is 27.6 Å². The highest BCUT2D eigenvalue weighted by Crippen LogP contribution is 2.29. The first-order valence-corrected chi connectivity index (χ1v) is 12.8. The number of carbonyl (C=O) groups is 2. The molecule has 8 nitrogen and oxygen atoms in total. The van der Waals surface area contributed by atoms with Crippen LogP contribution in [-0.2, 0) is 17.8 Å². The lowest BCUT2D eigenvalue weighted by molar-refractivity contribution is -0.116. The summed E-state index contributed by atoms with van der Waals surface area (Å²) in [4.78, 5) is 27.5. The van der Waals surface area contributed by atoms with Crippen LogP contribution in [0.2, 0.25) is 0 Å². The quantitative estimate of drug-likeness (QED) is 0.376. The van der Waals surface area contributed by atoms with Crippen molar-refractivity contribution in [3.8, 4) is 5.69 Å². The molecule has 0 unspecified atom stereocenters. The summed E-state index contributed by atoms with van der Waals surface area (Å²) >= 11 is 1.35. The monoisotopic (exact) mass is 501 g/mol. The Bertz CT molecular complexity index is 1400. The molecule has 1 aliphatic heterocycles. The normalized spacial score (nSPS) is 12.9. The van der Waals surface area contributed by atoms with Crippen molar-refractivity contribution >= 4 is 29.3 Å². The van der Waals surface area contributed by atoms with E-state index in [-0.39, 0.29) is 29.9 Å². The predicted molar refractivity (Wildman–Crippen MR) is 139 cm³/mol. The van der Waals surface area contributed by atoms with Crippen molar-refractivity contribution in [2.24, 2.45) is 0 Å². The fraction of sp³-hybridized carbons (Fsp3) is 0.259. The van der Waals surface area contributed by atoms with Gasteiger partial charge >= 0.3 is 0 Å². The van der Waals surface area contributed by atoms with Gasteiger partial charge in [0, 0.05) is 12.2 Å². The number of fused-ring (bicyclic) bond motifs is 1. The Morgan fingerprint density at radius 2 is 1.92 bits per heavy atom. The van der Waals surface area contributed by atoms with Crippen molar-refractivity contribution in [3.63, 3.8) is 0 Å². The summed E-state index contributed by atoms with van der Waals surface area (Å²) in [5.74, 6) is 0.742. The minimum Gasteiger partial charge on any atom is -0.459 e. The van der Waals surface area contributed by atoms with E-state index >= 15 is 0 Å². The summed E-state index contributed by atoms with van der Waals surface area (Å²) in [5, 5.41) is 12.2. The van der Waals surface area contributed by atoms with Gasteiger partial charge in [0.1, 0.15) is 0 Å². The number of anilines is 1. The van der Waals surface area contributed by atoms with E-state index in [1.54, 1.807) is 12.1 Å². The third kappa shape index (κ3) is 4.92. The van der Waals surface area contributed by atoms with Gasteiger partial charge in [0.2, 0.25) is 5.91 Å². The third-order valence-electron chi connectivity index (χ3n) is 6.19. The average molecular weight is 502 g/mol. The van der Waals surface area contributed by atoms with Gasteiger partial charge < -0.3 is 14.6 Å². The molecule has 1 aliphatic rings. The molecule has 5 rings (SSSR count). The van der Waals surface area contributed by atoms with E-state index in [9.17, 15) is 9.59 Å². The van der Waals surface area contributed by atoms with Crippen LogP contribution in [0.1, 0.15) is 39.5 Å². The highest BCUT2D eigenvalue weighted by molar-refractivity contribution is 7.99. The van der Waals surface area contributed by atoms with Crippen LogP contribution in [0.25, 0.3) is 5.69 Å². The molecule has 2 aromatic carbocycles. The molecule has 0 saturated carbocycles. The lowest BCUT2D eigenvalue weighted by Crippen LogP contribution is -2.36. The summed E-state index contributed by atoms with van der Waals surface area (Å²) in [6, 6.07) is 17.5. The number of para-hydroxylation sites is 1. The van der Waals surface area contributed by atoms with E-state index in [1.807, 2.05) is 53.6 Å². The number of benzene rings is 2. The zero-order chi connectivity index (χ0) is 25.1. The number of carbonyl (C=O) groups excluding carboxylic acids is 2. The van der Waals surface area contributed by atoms with Crippen LogP contribution in [0.4, 0.5) is 5.69 Å². The van der Waals surface area contributed by atoms with Crippen molar-refractivity contribution in [2.45, 2.75) is 38.4 Å². The molecule has 0 radical (unpaired) electrons. The summed E-state index contributed by atoms with van der Waals surface area (Å²) in [7, 11) is 0. The Labute approximate surface area is 213 Å². The van der Waals surface area contributed by atoms with Crippen molar-refractivity contribution in [1.29, 1.82) is 0 Å². The van der Waals surface area contributed by atoms with Gasteiger partial charge in [0.15, 0.2) is 16.7 Å². The number of furan rings is 1. The lowest BCUT2D eigenvalue weighted by atomic mass is 10.0. The number of aryl methyl sites for hydroxylation is 3. The summed E-state index contributed by atoms with van der Waals surface area (Å²) < 4.78 is 7.11. The highest BCUT2D eigenvalue weighted by Gasteiger charge is 2.24. The number of nitrogens with zero attached hydrogens (tertiary/aromatic N) is 4. The maximum absolute atomic E-state index is 13.2. The van der Waals surface area contributed by atoms with Gasteiger partial charge in [-0.15, -0.1) is 10.2 Å². The Morgan fingerprint density at radius 1 is 1.06 bits per heavy atom. The fourth-order valence-electron chi connectivity index (χ4n) is 4.36. The molecule has 0 bridgehead atoms. The van der Waals surface area contributed by atoms with Crippen LogP contribution < -0.4 is 10.2 Å². The molecule has 0 aliphatic carbocycles. The first-order chi connectivity index (χ1) is 17.5. The number of hydrogen-bond donors (Lipinski definition) is 1. The molecule has 4 aromatic rings. The van der Waals surface area contributed by atoms with Crippen molar-refractivity contribution in [3.05, 3.63) is 89.1 Å². The SMILES string of the molecule is Cc1ccc(C)c(-n2c(CNC(=O)c3ccco3)nnc2SCC(=O)N2CCCc3ccccc32)c1. The molecule has 0 atom stereocenters. The number of amides is 2. The van der Waals surface area contributed by atoms with E-state index in [0.717, 1.165) is 35.3 Å². The molecule has 1 N–H and O–H groups in total. The fourth-order valence-corrected chi connectivity index (χ4v) is 5.20. The minimum atomic E-state index is -0.330. The van der Waals surface area contributed by atoms with Gasteiger partial charge in [-0.25, -0.2) is 0 Å². The topological polar surface area (TPSA) is 93.3 Å². The smallest absolute Gasteiger partial charge is 0.287 e. The van der Waals surface area contributed by atoms with Gasteiger partial charge in [-0.3, -0.25) is 14.2 Å². The lowest BCUT2D eigenvalue weighted by Gasteiger charge is -2.29. The molecule has 9 heteroatoms. The predicted octanol–water partition coefficient (Wildman–Crippen LogP) is 4.48. The minimum absolute atomic E-state index is 0.0373. The van der Waals surface area contributed by atoms with Crippen LogP contribution in [-0.4, -0.2) is 38.9 Å². The van der Waals surface area contributed by atoms with Crippen molar-refractivity contribution in [2.75, 3.05) is 17.2 Å². The highest BCUT2D eigenvalue weighted by atomic mass is 32.2. The zero-order valence-electron chi connectivity index (χ0n) is 20.2. The largest absolute Gasteiger partial charge is 0.459 e. The molecule has 184 valence electrons. The number of thioether (sulfide) groups is 1. The van der Waals surface area contributed by atoms with Gasteiger partial charge in [0.05, 0.1) is 24.2 Å². The Morgan fingerprint density at radius 3 is 2.75 bits per heavy atom. The van der Waals surface area contributed by atoms with Gasteiger partial charge in [0.25, 0.3) is 5.91 Å². The zero-order valence-corrected chi connectivity index (χ0v) is 21.0. The van der Waals surface area contributed by atoms with Crippen LogP contribution >= 0.6 is 11.8 Å². The standard InChI is InChI=1S/C27H27N5O3S/c1-18-11-12-19(2)22(15-18)32-24(16-28-26(34)23-10-6-14-35-23)29-30-27(32)36-17-25(33)31-13-5-8-20-7-3-4-9-21(20)31/h3-4,6-7,9-12,14-15H,5,8,13,16-17H2,1-2H3,(H,28,34). The molecule has 2 aromatic heterocycles. The Hall–Kier alpha value is -3.85. The molecular formula is C27H27N5O3S. The summed E-state index contributed by atoms with van der Waals surface area (Å²) in [6.45, 7) is 4.91. The summed E-state index contributed by atoms with van der Waals surface area (Å²) in [5.41, 5.74) is 5.24. The maximum Gasteiger partial charge on any atom is 0.287 e. The molecule has 0 spiro atoms. The molecule has 2 amide bonds. The van der Waals surface area contributed by atoms with Crippen molar-refractivity contribution in [1.82, 2.24) is 20.1 Å². The molecule has 3 heterocycles. The first-order valence-electron chi connectivity index (χ1n) is 11.9. The van der Waals surface area contributed by atoms with E-state index in [0.29, 0.717) is 17.5 Å². The van der Waals surface area contributed by atoms with Gasteiger partial charge in [-0.2, -0.15) is 0 Å². The third-order valence-corrected chi connectivity index (χ3v) is 7.11. The van der Waals surface area contributed by atoms with E-state index < -0.39 is 0 Å². The number of hydrogen-bond acceptors (Lipinski definition) is 6. The number of aromatic nitrogens is 3. The molecule has 36 heavy (non-hydrogen) atoms. The van der Waals surface area contributed by atoms with E-state index in [4.69, 9.17) is 4.42 Å². The Balaban J connectivity index is 1.39. The second-order valence-electron chi connectivity index (χ2n) is 8.75. The van der Waals surface area contributed by atoms with Crippen LogP contribution in [0.3, 0.4) is 0 Å². The van der Waals surface area contributed by atoms with Crippen LogP contribution in [0.5, 0.6) is 0 Å². The molecule has 0 saturated heterocycles. The first kappa shape index (κ1) is 23.9. The molecular weight excluding hydrogens is 474 g/mol. The Kier molecular flexibility index (Phi) is 6.90. The van der Waals surface area contributed by atoms with Crippen LogP contribution in [0, 0.1) is 13.8 Å². The van der Waals surface area contributed by atoms with E-state index in [1.165, 1.54) is 23.6 Å². The van der Waals surface area contributed by atoms with Gasteiger partial charge in [-0.1, -0.05) is 42.1 Å². The molecule has 0 fully saturated rings. The number of nitrogens with one attached hydrogen (secondary N) is 1. The average Bonchev–Trinajstić information content (AvgIpc) is 3.57. The van der Waals surface area contributed by atoms with Crippen molar-refractivity contribution < 1.29 is 14.0 Å².